The van der Waals surface area contributed by atoms with Gasteiger partial charge in [0.05, 0.1) is 13.3 Å². The lowest BCUT2D eigenvalue weighted by Gasteiger charge is -1.95. The molecule has 0 amide bonds. The number of nitrogens with zero attached hydrogens (tertiary/aromatic N) is 2. The van der Waals surface area contributed by atoms with Crippen LogP contribution in [0, 0.1) is 0 Å². The maximum atomic E-state index is 10.8. The van der Waals surface area contributed by atoms with Gasteiger partial charge in [0.1, 0.15) is 18.0 Å². The number of hydrogen-bond donors (Lipinski definition) is 2. The quantitative estimate of drug-likeness (QED) is 0.362. The smallest absolute Gasteiger partial charge is 0.508 e. The normalized spacial score (nSPS) is 11.7. The van der Waals surface area contributed by atoms with E-state index in [1.807, 2.05) is 0 Å². The van der Waals surface area contributed by atoms with Crippen LogP contribution in [0.15, 0.2) is 29.4 Å². The van der Waals surface area contributed by atoms with E-state index in [-0.39, 0.29) is 5.75 Å². The largest absolute Gasteiger partial charge is 0.551 e. The molecule has 1 aromatic carbocycles. The van der Waals surface area contributed by atoms with E-state index in [1.165, 1.54) is 4.78 Å². The lowest BCUT2D eigenvalue weighted by molar-refractivity contribution is 0.475. The summed E-state index contributed by atoms with van der Waals surface area (Å²) in [5.74, 6) is 0.204. The lowest BCUT2D eigenvalue weighted by Crippen LogP contribution is -1.97. The highest BCUT2D eigenvalue weighted by atomic mass is 32.7. The molecule has 1 aromatic rings. The Kier molecular flexibility index (Phi) is 3.92. The van der Waals surface area contributed by atoms with Gasteiger partial charge in [0.25, 0.3) is 0 Å². The molecule has 0 saturated carbocycles. The molecule has 0 aliphatic heterocycles. The fourth-order valence-electron chi connectivity index (χ4n) is 0.755. The number of rotatable bonds is 3. The average molecular weight is 229 g/mol. The molecular weight excluding hydrogens is 219 g/mol. The Morgan fingerprint density at radius 2 is 2.07 bits per heavy atom. The third-order valence-corrected chi connectivity index (χ3v) is 2.89. The second-order valence-corrected chi connectivity index (χ2v) is 4.69. The lowest BCUT2D eigenvalue weighted by atomic mass is 10.2. The van der Waals surface area contributed by atoms with Crippen LogP contribution >= 0.6 is 19.4 Å². The van der Waals surface area contributed by atoms with Gasteiger partial charge in [0.15, 0.2) is 0 Å². The fraction of sp³-hybridized carbons (Fsp3) is 0.125. The number of hydrogen-bond acceptors (Lipinski definition) is 3. The Morgan fingerprint density at radius 3 is 2.57 bits per heavy atom. The van der Waals surface area contributed by atoms with Gasteiger partial charge in [-0.3, -0.25) is 0 Å². The van der Waals surface area contributed by atoms with Crippen LogP contribution in [-0.4, -0.2) is 23.1 Å². The molecule has 0 heterocycles. The van der Waals surface area contributed by atoms with E-state index < -0.39 is 7.15 Å². The predicted octanol–water partition coefficient (Wildman–Crippen LogP) is 2.25. The summed E-state index contributed by atoms with van der Waals surface area (Å²) in [5, 5.41) is 12.9. The minimum Gasteiger partial charge on any atom is -0.508 e. The van der Waals surface area contributed by atoms with Gasteiger partial charge in [-0.1, -0.05) is 4.78 Å². The molecule has 6 heteroatoms. The van der Waals surface area contributed by atoms with Crippen molar-refractivity contribution < 1.29 is 9.67 Å². The van der Waals surface area contributed by atoms with Crippen molar-refractivity contribution in [2.24, 2.45) is 5.10 Å². The summed E-state index contributed by atoms with van der Waals surface area (Å²) in [4.78, 5) is 0. The van der Waals surface area contributed by atoms with Crippen molar-refractivity contribution >= 4 is 25.6 Å². The molecule has 0 bridgehead atoms. The van der Waals surface area contributed by atoms with Crippen molar-refractivity contribution in [3.05, 3.63) is 29.8 Å². The van der Waals surface area contributed by atoms with Gasteiger partial charge in [-0.05, 0) is 34.4 Å². The van der Waals surface area contributed by atoms with Gasteiger partial charge in [-0.25, -0.2) is 0 Å². The summed E-state index contributed by atoms with van der Waals surface area (Å²) in [6.45, 7) is 0. The molecule has 74 valence electrons. The van der Waals surface area contributed by atoms with Gasteiger partial charge in [-0.15, -0.1) is 5.10 Å². The van der Waals surface area contributed by atoms with Crippen molar-refractivity contribution in [1.29, 1.82) is 0 Å². The number of benzene rings is 1. The molecule has 1 atom stereocenters. The van der Waals surface area contributed by atoms with Crippen LogP contribution in [0.2, 0.25) is 0 Å². The first-order valence-corrected chi connectivity index (χ1v) is 6.19. The number of phenolic OH excluding ortho intramolecular Hbond substituents is 1. The molecule has 0 radical (unpaired) electrons. The maximum absolute atomic E-state index is 10.8. The molecule has 0 aliphatic carbocycles. The van der Waals surface area contributed by atoms with Crippen molar-refractivity contribution in [2.45, 2.75) is 0 Å². The van der Waals surface area contributed by atoms with Crippen molar-refractivity contribution in [1.82, 2.24) is 4.78 Å². The van der Waals surface area contributed by atoms with Crippen LogP contribution in [0.5, 0.6) is 5.75 Å². The Balaban J connectivity index is 2.69. The van der Waals surface area contributed by atoms with Gasteiger partial charge >= 0.3 is 7.15 Å². The fourth-order valence-corrected chi connectivity index (χ4v) is 1.03. The summed E-state index contributed by atoms with van der Waals surface area (Å²) in [5.41, 5.74) is 0.819. The van der Waals surface area contributed by atoms with Crippen LogP contribution in [-0.2, 0) is 4.57 Å². The molecule has 0 fully saturated rings. The molecule has 4 nitrogen and oxygen atoms in total. The number of thiol groups is 1. The third-order valence-electron chi connectivity index (χ3n) is 1.51. The van der Waals surface area contributed by atoms with Crippen LogP contribution in [0.1, 0.15) is 5.56 Å². The standard InChI is InChI=1S/C8H9N2O2PS/c1-10(13(12)14)9-6-7-2-4-8(11)5-3-7/h2-6H,1H3,(H-,9,11,12,14)/p+1. The molecule has 0 aromatic heterocycles. The van der Waals surface area contributed by atoms with E-state index in [4.69, 9.17) is 5.11 Å². The van der Waals surface area contributed by atoms with Crippen LogP contribution in [0.25, 0.3) is 0 Å². The Bertz CT molecular complexity index is 353. The second-order valence-electron chi connectivity index (χ2n) is 2.58. The van der Waals surface area contributed by atoms with Gasteiger partial charge in [0.2, 0.25) is 0 Å². The van der Waals surface area contributed by atoms with Crippen molar-refractivity contribution in [3.8, 4) is 5.75 Å². The van der Waals surface area contributed by atoms with Crippen LogP contribution in [0.3, 0.4) is 0 Å². The summed E-state index contributed by atoms with van der Waals surface area (Å²) in [6, 6.07) is 6.53. The minimum atomic E-state index is -1.73. The summed E-state index contributed by atoms with van der Waals surface area (Å²) in [6.07, 6.45) is 1.54. The molecule has 14 heavy (non-hydrogen) atoms. The Labute approximate surface area is 88.2 Å². The van der Waals surface area contributed by atoms with Crippen molar-refractivity contribution in [2.75, 3.05) is 7.05 Å². The Morgan fingerprint density at radius 1 is 1.50 bits per heavy atom. The zero-order valence-electron chi connectivity index (χ0n) is 7.53. The van der Waals surface area contributed by atoms with E-state index >= 15 is 0 Å². The first-order chi connectivity index (χ1) is 6.59. The van der Waals surface area contributed by atoms with Crippen LogP contribution < -0.4 is 0 Å². The maximum Gasteiger partial charge on any atom is 0.551 e. The minimum absolute atomic E-state index is 0.204. The molecule has 1 N–H and O–H groups in total. The highest BCUT2D eigenvalue weighted by Gasteiger charge is 2.13. The molecule has 0 spiro atoms. The van der Waals surface area contributed by atoms with Crippen molar-refractivity contribution in [3.63, 3.8) is 0 Å². The molecule has 0 saturated heterocycles. The third kappa shape index (κ3) is 3.36. The summed E-state index contributed by atoms with van der Waals surface area (Å²) in [7, 11) is -0.162. The predicted molar refractivity (Wildman–Crippen MR) is 60.1 cm³/mol. The summed E-state index contributed by atoms with van der Waals surface area (Å²) >= 11 is 3.74. The first kappa shape index (κ1) is 11.0. The highest BCUT2D eigenvalue weighted by molar-refractivity contribution is 8.39. The van der Waals surface area contributed by atoms with E-state index in [0.29, 0.717) is 0 Å². The second kappa shape index (κ2) is 4.98. The molecule has 1 unspecified atom stereocenters. The van der Waals surface area contributed by atoms with E-state index in [1.54, 1.807) is 37.5 Å². The zero-order chi connectivity index (χ0) is 10.6. The van der Waals surface area contributed by atoms with Gasteiger partial charge < -0.3 is 5.11 Å². The van der Waals surface area contributed by atoms with Crippen LogP contribution in [0.4, 0.5) is 0 Å². The summed E-state index contributed by atoms with van der Waals surface area (Å²) < 4.78 is 12.1. The monoisotopic (exact) mass is 229 g/mol. The van der Waals surface area contributed by atoms with Gasteiger partial charge in [0, 0.05) is 0 Å². The number of hydrazone groups is 1. The SMILES string of the molecule is CN(/N=C/c1ccc(O)cc1)[P+](=O)S. The molecule has 0 aliphatic rings. The van der Waals surface area contributed by atoms with E-state index in [2.05, 4.69) is 17.4 Å². The van der Waals surface area contributed by atoms with E-state index in [9.17, 15) is 4.57 Å². The topological polar surface area (TPSA) is 52.9 Å². The number of phenols is 1. The average Bonchev–Trinajstić information content (AvgIpc) is 2.16. The van der Waals surface area contributed by atoms with Gasteiger partial charge in [-0.2, -0.15) is 0 Å². The molecule has 1 rings (SSSR count). The highest BCUT2D eigenvalue weighted by Crippen LogP contribution is 2.29. The molecular formula is C8H10N2O2PS+. The first-order valence-electron chi connectivity index (χ1n) is 3.82. The zero-order valence-corrected chi connectivity index (χ0v) is 9.32. The Hall–Kier alpha value is -1.06. The number of aromatic hydroxyl groups is 1. The van der Waals surface area contributed by atoms with E-state index in [0.717, 1.165) is 5.56 Å².